The monoisotopic (exact) mass is 438 g/mol. The van der Waals surface area contributed by atoms with Gasteiger partial charge in [-0.1, -0.05) is 18.2 Å². The molecule has 4 rings (SSSR count). The maximum atomic E-state index is 14.5. The highest BCUT2D eigenvalue weighted by Gasteiger charge is 2.46. The molecule has 0 aliphatic heterocycles. The molecule has 1 aliphatic carbocycles. The number of nitrogens with one attached hydrogen (secondary N) is 1. The van der Waals surface area contributed by atoms with Gasteiger partial charge in [0.15, 0.2) is 0 Å². The van der Waals surface area contributed by atoms with E-state index in [1.54, 1.807) is 13.8 Å². The van der Waals surface area contributed by atoms with Crippen LogP contribution < -0.4 is 10.9 Å². The topological polar surface area (TPSA) is 59.8 Å². The SMILES string of the molecule is Cc1c(=O)n([C@H]2C[C@@H]2C(F)F)cc2c(N[C@H](C)c3cccc(C(F)F)c3F)ncnc12. The molecule has 0 radical (unpaired) electrons. The fourth-order valence-electron chi connectivity index (χ4n) is 3.82. The Kier molecular flexibility index (Phi) is 5.40. The van der Waals surface area contributed by atoms with E-state index >= 15 is 0 Å². The molecule has 0 unspecified atom stereocenters. The first-order valence-corrected chi connectivity index (χ1v) is 9.68. The van der Waals surface area contributed by atoms with Gasteiger partial charge in [-0.25, -0.2) is 31.9 Å². The van der Waals surface area contributed by atoms with E-state index in [9.17, 15) is 26.7 Å². The van der Waals surface area contributed by atoms with E-state index in [1.807, 2.05) is 0 Å². The summed E-state index contributed by atoms with van der Waals surface area (Å²) >= 11 is 0. The first-order chi connectivity index (χ1) is 14.7. The quantitative estimate of drug-likeness (QED) is 0.539. The van der Waals surface area contributed by atoms with Crippen LogP contribution in [0.3, 0.4) is 0 Å². The van der Waals surface area contributed by atoms with Crippen LogP contribution in [0.15, 0.2) is 35.5 Å². The molecule has 3 aromatic rings. The van der Waals surface area contributed by atoms with Crippen LogP contribution in [0.1, 0.15) is 48.5 Å². The molecule has 1 N–H and O–H groups in total. The molecule has 5 nitrogen and oxygen atoms in total. The van der Waals surface area contributed by atoms with Gasteiger partial charge in [-0.2, -0.15) is 0 Å². The summed E-state index contributed by atoms with van der Waals surface area (Å²) in [4.78, 5) is 20.9. The largest absolute Gasteiger partial charge is 0.363 e. The van der Waals surface area contributed by atoms with Crippen molar-refractivity contribution in [2.45, 2.75) is 45.2 Å². The predicted octanol–water partition coefficient (Wildman–Crippen LogP) is 5.18. The third kappa shape index (κ3) is 3.75. The first kappa shape index (κ1) is 21.2. The summed E-state index contributed by atoms with van der Waals surface area (Å²) in [7, 11) is 0. The van der Waals surface area contributed by atoms with Gasteiger partial charge >= 0.3 is 0 Å². The minimum Gasteiger partial charge on any atom is -0.363 e. The maximum absolute atomic E-state index is 14.5. The van der Waals surface area contributed by atoms with Gasteiger partial charge in [0.1, 0.15) is 18.0 Å². The zero-order valence-corrected chi connectivity index (χ0v) is 16.6. The number of nitrogens with zero attached hydrogens (tertiary/aromatic N) is 3. The lowest BCUT2D eigenvalue weighted by Gasteiger charge is -2.19. The highest BCUT2D eigenvalue weighted by atomic mass is 19.3. The number of alkyl halides is 4. The van der Waals surface area contributed by atoms with E-state index in [0.717, 1.165) is 6.07 Å². The van der Waals surface area contributed by atoms with Crippen LogP contribution in [-0.4, -0.2) is 21.0 Å². The number of anilines is 1. The first-order valence-electron chi connectivity index (χ1n) is 9.68. The predicted molar refractivity (Wildman–Crippen MR) is 105 cm³/mol. The number of halogens is 5. The molecule has 31 heavy (non-hydrogen) atoms. The number of fused-ring (bicyclic) bond motifs is 1. The number of hydrogen-bond donors (Lipinski definition) is 1. The van der Waals surface area contributed by atoms with Crippen molar-refractivity contribution < 1.29 is 22.0 Å². The third-order valence-electron chi connectivity index (χ3n) is 5.66. The molecular formula is C21H19F5N4O. The molecule has 0 bridgehead atoms. The Morgan fingerprint density at radius 3 is 2.52 bits per heavy atom. The lowest BCUT2D eigenvalue weighted by atomic mass is 10.0. The van der Waals surface area contributed by atoms with Gasteiger partial charge in [-0.15, -0.1) is 0 Å². The summed E-state index contributed by atoms with van der Waals surface area (Å²) in [5, 5.41) is 3.38. The number of aromatic nitrogens is 3. The minimum absolute atomic E-state index is 0.0227. The van der Waals surface area contributed by atoms with Gasteiger partial charge in [-0.3, -0.25) is 4.79 Å². The van der Waals surface area contributed by atoms with Gasteiger partial charge in [0.25, 0.3) is 12.0 Å². The Hall–Kier alpha value is -3.04. The van der Waals surface area contributed by atoms with Crippen LogP contribution in [0.2, 0.25) is 0 Å². The van der Waals surface area contributed by atoms with Gasteiger partial charge in [0.05, 0.1) is 22.5 Å². The Labute approximate surface area is 173 Å². The Morgan fingerprint density at radius 2 is 1.87 bits per heavy atom. The average molecular weight is 438 g/mol. The van der Waals surface area contributed by atoms with Gasteiger partial charge in [0, 0.05) is 29.3 Å². The second-order valence-electron chi connectivity index (χ2n) is 7.67. The Morgan fingerprint density at radius 1 is 1.16 bits per heavy atom. The number of aryl methyl sites for hydroxylation is 1. The molecule has 164 valence electrons. The molecule has 1 aromatic carbocycles. The Bertz CT molecular complexity index is 1200. The van der Waals surface area contributed by atoms with Crippen molar-refractivity contribution in [2.75, 3.05) is 5.32 Å². The highest BCUT2D eigenvalue weighted by Crippen LogP contribution is 2.47. The molecule has 1 fully saturated rings. The number of pyridine rings is 1. The standard InChI is InChI=1S/C21H19F5N4O/c1-9-17-14(7-30(21(9)31)15-6-13(15)19(25)26)20(28-8-27-17)29-10(2)11-4-3-5-12(16(11)22)18(23)24/h3-5,7-8,10,13,15,18-19H,6H2,1-2H3,(H,27,28,29)/t10-,13+,15+/m1/s1. The smallest absolute Gasteiger partial charge is 0.266 e. The second-order valence-corrected chi connectivity index (χ2v) is 7.67. The lowest BCUT2D eigenvalue weighted by Crippen LogP contribution is -2.23. The zero-order chi connectivity index (χ0) is 22.4. The fourth-order valence-corrected chi connectivity index (χ4v) is 3.82. The van der Waals surface area contributed by atoms with Crippen molar-refractivity contribution in [3.8, 4) is 0 Å². The van der Waals surface area contributed by atoms with E-state index in [0.29, 0.717) is 10.9 Å². The van der Waals surface area contributed by atoms with Crippen molar-refractivity contribution >= 4 is 16.7 Å². The van der Waals surface area contributed by atoms with Crippen LogP contribution in [0, 0.1) is 18.7 Å². The number of benzene rings is 1. The molecular weight excluding hydrogens is 419 g/mol. The lowest BCUT2D eigenvalue weighted by molar-refractivity contribution is 0.116. The molecule has 0 amide bonds. The van der Waals surface area contributed by atoms with Gasteiger partial charge in [0.2, 0.25) is 6.43 Å². The van der Waals surface area contributed by atoms with E-state index in [4.69, 9.17) is 0 Å². The molecule has 2 aromatic heterocycles. The van der Waals surface area contributed by atoms with Crippen LogP contribution >= 0.6 is 0 Å². The summed E-state index contributed by atoms with van der Waals surface area (Å²) < 4.78 is 67.9. The number of rotatable bonds is 6. The summed E-state index contributed by atoms with van der Waals surface area (Å²) in [5.41, 5.74) is -0.470. The van der Waals surface area contributed by atoms with E-state index in [1.165, 1.54) is 29.2 Å². The summed E-state index contributed by atoms with van der Waals surface area (Å²) in [5.74, 6) is -1.66. The van der Waals surface area contributed by atoms with Crippen molar-refractivity contribution in [3.63, 3.8) is 0 Å². The van der Waals surface area contributed by atoms with Crippen molar-refractivity contribution in [1.82, 2.24) is 14.5 Å². The van der Waals surface area contributed by atoms with Crippen LogP contribution in [0.25, 0.3) is 10.9 Å². The van der Waals surface area contributed by atoms with E-state index in [-0.39, 0.29) is 23.4 Å². The van der Waals surface area contributed by atoms with E-state index < -0.39 is 47.8 Å². The number of hydrogen-bond acceptors (Lipinski definition) is 4. The maximum Gasteiger partial charge on any atom is 0.266 e. The van der Waals surface area contributed by atoms with Gasteiger partial charge < -0.3 is 9.88 Å². The summed E-state index contributed by atoms with van der Waals surface area (Å²) in [6, 6.07) is 2.40. The van der Waals surface area contributed by atoms with Gasteiger partial charge in [-0.05, 0) is 20.3 Å². The molecule has 2 heterocycles. The molecule has 0 spiro atoms. The van der Waals surface area contributed by atoms with Crippen molar-refractivity contribution in [1.29, 1.82) is 0 Å². The second kappa shape index (κ2) is 7.90. The van der Waals surface area contributed by atoms with Crippen LogP contribution in [-0.2, 0) is 0 Å². The molecule has 0 saturated heterocycles. The highest BCUT2D eigenvalue weighted by molar-refractivity contribution is 5.90. The summed E-state index contributed by atoms with van der Waals surface area (Å²) in [6.45, 7) is 3.13. The van der Waals surface area contributed by atoms with Crippen molar-refractivity contribution in [2.24, 2.45) is 5.92 Å². The fraction of sp³-hybridized carbons (Fsp3) is 0.381. The van der Waals surface area contributed by atoms with Crippen LogP contribution in [0.4, 0.5) is 27.8 Å². The molecule has 1 saturated carbocycles. The summed E-state index contributed by atoms with van der Waals surface area (Å²) in [6.07, 6.45) is -2.63. The molecule has 10 heteroatoms. The average Bonchev–Trinajstić information content (AvgIpc) is 3.52. The minimum atomic E-state index is -2.95. The van der Waals surface area contributed by atoms with Crippen LogP contribution in [0.5, 0.6) is 0 Å². The molecule has 1 aliphatic rings. The third-order valence-corrected chi connectivity index (χ3v) is 5.66. The normalized spacial score (nSPS) is 19.3. The zero-order valence-electron chi connectivity index (χ0n) is 16.6. The Balaban J connectivity index is 1.74. The molecule has 3 atom stereocenters. The van der Waals surface area contributed by atoms with E-state index in [2.05, 4.69) is 15.3 Å². The van der Waals surface area contributed by atoms with Crippen molar-refractivity contribution in [3.05, 3.63) is 63.6 Å².